The predicted molar refractivity (Wildman–Crippen MR) is 72.7 cm³/mol. The fraction of sp³-hybridized carbons (Fsp3) is 0.867. The molecule has 4 heteroatoms. The largest absolute Gasteiger partial charge is 0.481 e. The van der Waals surface area contributed by atoms with Crippen molar-refractivity contribution >= 4 is 11.9 Å². The number of hydrogen-bond donors (Lipinski definition) is 1. The highest BCUT2D eigenvalue weighted by molar-refractivity contribution is 5.79. The Kier molecular flexibility index (Phi) is 4.83. The van der Waals surface area contributed by atoms with Gasteiger partial charge in [-0.05, 0) is 50.9 Å². The van der Waals surface area contributed by atoms with Gasteiger partial charge in [-0.3, -0.25) is 9.59 Å². The van der Waals surface area contributed by atoms with Crippen molar-refractivity contribution in [1.29, 1.82) is 0 Å². The number of aliphatic carboxylic acids is 1. The average Bonchev–Trinajstić information content (AvgIpc) is 3.21. The van der Waals surface area contributed by atoms with Crippen molar-refractivity contribution in [2.45, 2.75) is 51.9 Å². The highest BCUT2D eigenvalue weighted by Gasteiger charge is 2.33. The Labute approximate surface area is 115 Å². The second-order valence-electron chi connectivity index (χ2n) is 6.11. The first kappa shape index (κ1) is 14.4. The quantitative estimate of drug-likeness (QED) is 0.804. The van der Waals surface area contributed by atoms with Crippen molar-refractivity contribution in [3.05, 3.63) is 0 Å². The van der Waals surface area contributed by atoms with Crippen molar-refractivity contribution in [3.63, 3.8) is 0 Å². The minimum atomic E-state index is -0.700. The summed E-state index contributed by atoms with van der Waals surface area (Å²) in [6, 6.07) is 0. The van der Waals surface area contributed by atoms with E-state index >= 15 is 0 Å². The van der Waals surface area contributed by atoms with E-state index in [1.165, 1.54) is 12.8 Å². The molecule has 0 aromatic carbocycles. The molecule has 1 amide bonds. The highest BCUT2D eigenvalue weighted by Crippen LogP contribution is 2.33. The van der Waals surface area contributed by atoms with Crippen LogP contribution in [0.1, 0.15) is 51.9 Å². The van der Waals surface area contributed by atoms with Crippen LogP contribution in [0.15, 0.2) is 0 Å². The third-order valence-corrected chi connectivity index (χ3v) is 4.41. The molecule has 2 rings (SSSR count). The summed E-state index contributed by atoms with van der Waals surface area (Å²) < 4.78 is 0. The SMILES string of the molecule is CCCN(CC1CC1)C(=O)C1CCC(C(=O)O)CC1. The highest BCUT2D eigenvalue weighted by atomic mass is 16.4. The molecular formula is C15H25NO3. The van der Waals surface area contributed by atoms with Gasteiger partial charge in [0, 0.05) is 19.0 Å². The van der Waals surface area contributed by atoms with Crippen LogP contribution >= 0.6 is 0 Å². The number of carbonyl (C=O) groups is 2. The Balaban J connectivity index is 1.85. The monoisotopic (exact) mass is 267 g/mol. The number of hydrogen-bond acceptors (Lipinski definition) is 2. The maximum Gasteiger partial charge on any atom is 0.306 e. The number of amides is 1. The van der Waals surface area contributed by atoms with Gasteiger partial charge in [0.1, 0.15) is 0 Å². The van der Waals surface area contributed by atoms with Crippen molar-refractivity contribution in [1.82, 2.24) is 4.90 Å². The van der Waals surface area contributed by atoms with E-state index in [0.717, 1.165) is 38.3 Å². The van der Waals surface area contributed by atoms with Gasteiger partial charge in [0.2, 0.25) is 5.91 Å². The Hall–Kier alpha value is -1.06. The number of rotatable bonds is 6. The molecule has 108 valence electrons. The van der Waals surface area contributed by atoms with Crippen LogP contribution in [0.3, 0.4) is 0 Å². The second-order valence-corrected chi connectivity index (χ2v) is 6.11. The predicted octanol–water partition coefficient (Wildman–Crippen LogP) is 2.53. The van der Waals surface area contributed by atoms with E-state index in [4.69, 9.17) is 5.11 Å². The maximum atomic E-state index is 12.5. The average molecular weight is 267 g/mol. The summed E-state index contributed by atoms with van der Waals surface area (Å²) in [7, 11) is 0. The van der Waals surface area contributed by atoms with Gasteiger partial charge in [0.15, 0.2) is 0 Å². The van der Waals surface area contributed by atoms with E-state index in [1.807, 2.05) is 4.90 Å². The first-order valence-corrected chi connectivity index (χ1v) is 7.63. The van der Waals surface area contributed by atoms with Crippen molar-refractivity contribution in [2.75, 3.05) is 13.1 Å². The third kappa shape index (κ3) is 3.95. The first-order valence-electron chi connectivity index (χ1n) is 7.63. The molecule has 2 aliphatic carbocycles. The molecule has 0 unspecified atom stereocenters. The van der Waals surface area contributed by atoms with Gasteiger partial charge in [-0.1, -0.05) is 6.92 Å². The van der Waals surface area contributed by atoms with Gasteiger partial charge >= 0.3 is 5.97 Å². The van der Waals surface area contributed by atoms with Crippen molar-refractivity contribution in [3.8, 4) is 0 Å². The number of nitrogens with zero attached hydrogens (tertiary/aromatic N) is 1. The molecule has 19 heavy (non-hydrogen) atoms. The second kappa shape index (κ2) is 6.40. The first-order chi connectivity index (χ1) is 9.11. The lowest BCUT2D eigenvalue weighted by molar-refractivity contribution is -0.145. The number of carbonyl (C=O) groups excluding carboxylic acids is 1. The van der Waals surface area contributed by atoms with Crippen LogP contribution in [-0.4, -0.2) is 35.0 Å². The van der Waals surface area contributed by atoms with Crippen LogP contribution in [0, 0.1) is 17.8 Å². The van der Waals surface area contributed by atoms with Gasteiger partial charge in [-0.2, -0.15) is 0 Å². The minimum absolute atomic E-state index is 0.0703. The van der Waals surface area contributed by atoms with Gasteiger partial charge in [-0.25, -0.2) is 0 Å². The van der Waals surface area contributed by atoms with Gasteiger partial charge in [-0.15, -0.1) is 0 Å². The van der Waals surface area contributed by atoms with Gasteiger partial charge < -0.3 is 10.0 Å². The zero-order valence-corrected chi connectivity index (χ0v) is 11.8. The topological polar surface area (TPSA) is 57.6 Å². The molecule has 0 bridgehead atoms. The molecule has 1 N–H and O–H groups in total. The van der Waals surface area contributed by atoms with Crippen LogP contribution in [0.4, 0.5) is 0 Å². The summed E-state index contributed by atoms with van der Waals surface area (Å²) >= 11 is 0. The number of carboxylic acid groups (broad SMARTS) is 1. The lowest BCUT2D eigenvalue weighted by Crippen LogP contribution is -2.40. The van der Waals surface area contributed by atoms with Crippen LogP contribution in [0.5, 0.6) is 0 Å². The Morgan fingerprint density at radius 3 is 2.11 bits per heavy atom. The standard InChI is InChI=1S/C15H25NO3/c1-2-9-16(10-11-3-4-11)14(17)12-5-7-13(8-6-12)15(18)19/h11-13H,2-10H2,1H3,(H,18,19). The van der Waals surface area contributed by atoms with E-state index in [9.17, 15) is 9.59 Å². The molecule has 2 aliphatic rings. The van der Waals surface area contributed by atoms with Crippen molar-refractivity contribution in [2.24, 2.45) is 17.8 Å². The van der Waals surface area contributed by atoms with E-state index in [1.54, 1.807) is 0 Å². The van der Waals surface area contributed by atoms with Crippen LogP contribution in [0.2, 0.25) is 0 Å². The molecular weight excluding hydrogens is 242 g/mol. The van der Waals surface area contributed by atoms with E-state index in [2.05, 4.69) is 6.92 Å². The summed E-state index contributed by atoms with van der Waals surface area (Å²) in [6.07, 6.45) is 6.35. The lowest BCUT2D eigenvalue weighted by atomic mass is 9.81. The molecule has 2 fully saturated rings. The molecule has 0 atom stereocenters. The molecule has 2 saturated carbocycles. The van der Waals surface area contributed by atoms with Crippen LogP contribution < -0.4 is 0 Å². The van der Waals surface area contributed by atoms with Crippen molar-refractivity contribution < 1.29 is 14.7 Å². The van der Waals surface area contributed by atoms with Crippen LogP contribution in [0.25, 0.3) is 0 Å². The van der Waals surface area contributed by atoms with E-state index in [0.29, 0.717) is 12.8 Å². The summed E-state index contributed by atoms with van der Waals surface area (Å²) in [6.45, 7) is 3.88. The molecule has 0 aromatic rings. The van der Waals surface area contributed by atoms with Gasteiger partial charge in [0.25, 0.3) is 0 Å². The van der Waals surface area contributed by atoms with E-state index < -0.39 is 5.97 Å². The Morgan fingerprint density at radius 2 is 1.63 bits per heavy atom. The minimum Gasteiger partial charge on any atom is -0.481 e. The fourth-order valence-corrected chi connectivity index (χ4v) is 3.02. The zero-order valence-electron chi connectivity index (χ0n) is 11.8. The molecule has 0 spiro atoms. The molecule has 0 saturated heterocycles. The smallest absolute Gasteiger partial charge is 0.306 e. The molecule has 0 heterocycles. The molecule has 4 nitrogen and oxygen atoms in total. The fourth-order valence-electron chi connectivity index (χ4n) is 3.02. The number of carboxylic acids is 1. The summed E-state index contributed by atoms with van der Waals surface area (Å²) in [5.74, 6) is 0.144. The summed E-state index contributed by atoms with van der Waals surface area (Å²) in [4.78, 5) is 25.5. The molecule has 0 radical (unpaired) electrons. The maximum absolute atomic E-state index is 12.5. The summed E-state index contributed by atoms with van der Waals surface area (Å²) in [5.41, 5.74) is 0. The third-order valence-electron chi connectivity index (χ3n) is 4.41. The van der Waals surface area contributed by atoms with Gasteiger partial charge in [0.05, 0.1) is 5.92 Å². The molecule has 0 aliphatic heterocycles. The van der Waals surface area contributed by atoms with Crippen LogP contribution in [-0.2, 0) is 9.59 Å². The zero-order chi connectivity index (χ0) is 13.8. The summed E-state index contributed by atoms with van der Waals surface area (Å²) in [5, 5.41) is 8.99. The van der Waals surface area contributed by atoms with E-state index in [-0.39, 0.29) is 17.7 Å². The molecule has 0 aromatic heterocycles. The Morgan fingerprint density at radius 1 is 1.05 bits per heavy atom. The Bertz CT molecular complexity index is 330. The normalized spacial score (nSPS) is 27.0. The lowest BCUT2D eigenvalue weighted by Gasteiger charge is -2.31.